The number of para-hydroxylation sites is 1. The SMILES string of the molecule is CCc1cccc(C)c1NC(=S)NNC(=O)c1cnn(Cc2ccccc2)c1. The minimum Gasteiger partial charge on any atom is -0.331 e. The standard InChI is InChI=1S/C21H23N5OS/c1-3-17-11-7-8-15(2)19(17)23-21(28)25-24-20(27)18-12-22-26(14-18)13-16-9-5-4-6-10-16/h4-12,14H,3,13H2,1-2H3,(H,24,27)(H2,23,25,28). The van der Waals surface area contributed by atoms with Crippen LogP contribution >= 0.6 is 12.2 Å². The van der Waals surface area contributed by atoms with Crippen molar-refractivity contribution in [1.29, 1.82) is 0 Å². The number of nitrogens with zero attached hydrogens (tertiary/aromatic N) is 2. The lowest BCUT2D eigenvalue weighted by Crippen LogP contribution is -2.43. The maximum Gasteiger partial charge on any atom is 0.272 e. The highest BCUT2D eigenvalue weighted by Crippen LogP contribution is 2.20. The third-order valence-corrected chi connectivity index (χ3v) is 4.56. The van der Waals surface area contributed by atoms with Crippen LogP contribution in [0, 0.1) is 6.92 Å². The highest BCUT2D eigenvalue weighted by Gasteiger charge is 2.10. The maximum absolute atomic E-state index is 12.3. The van der Waals surface area contributed by atoms with Crippen LogP contribution in [-0.2, 0) is 13.0 Å². The van der Waals surface area contributed by atoms with Gasteiger partial charge in [0.25, 0.3) is 5.91 Å². The molecule has 1 heterocycles. The molecule has 1 amide bonds. The minimum absolute atomic E-state index is 0.302. The molecule has 0 fully saturated rings. The Morgan fingerprint density at radius 2 is 1.89 bits per heavy atom. The number of aromatic nitrogens is 2. The number of thiocarbonyl (C=S) groups is 1. The fourth-order valence-electron chi connectivity index (χ4n) is 2.87. The number of rotatable bonds is 5. The first-order valence-corrected chi connectivity index (χ1v) is 9.50. The summed E-state index contributed by atoms with van der Waals surface area (Å²) in [7, 11) is 0. The monoisotopic (exact) mass is 393 g/mol. The average Bonchev–Trinajstić information content (AvgIpc) is 3.17. The fraction of sp³-hybridized carbons (Fsp3) is 0.190. The maximum atomic E-state index is 12.3. The Hall–Kier alpha value is -3.19. The second-order valence-electron chi connectivity index (χ2n) is 6.41. The number of amides is 1. The molecular formula is C21H23N5OS. The van der Waals surface area contributed by atoms with Gasteiger partial charge in [0, 0.05) is 11.9 Å². The molecule has 3 aromatic rings. The van der Waals surface area contributed by atoms with E-state index in [9.17, 15) is 4.79 Å². The smallest absolute Gasteiger partial charge is 0.272 e. The first-order valence-electron chi connectivity index (χ1n) is 9.09. The molecule has 6 nitrogen and oxygen atoms in total. The molecule has 0 saturated carbocycles. The van der Waals surface area contributed by atoms with Gasteiger partial charge in [-0.25, -0.2) is 0 Å². The summed E-state index contributed by atoms with van der Waals surface area (Å²) in [6, 6.07) is 16.0. The van der Waals surface area contributed by atoms with Crippen molar-refractivity contribution in [3.05, 3.63) is 83.2 Å². The molecule has 3 rings (SSSR count). The molecule has 0 spiro atoms. The Bertz CT molecular complexity index is 968. The number of nitrogens with one attached hydrogen (secondary N) is 3. The van der Waals surface area contributed by atoms with E-state index in [1.165, 1.54) is 6.20 Å². The number of carbonyl (C=O) groups excluding carboxylic acids is 1. The van der Waals surface area contributed by atoms with Crippen molar-refractivity contribution < 1.29 is 4.79 Å². The summed E-state index contributed by atoms with van der Waals surface area (Å²) in [6.07, 6.45) is 4.13. The third-order valence-electron chi connectivity index (χ3n) is 4.35. The van der Waals surface area contributed by atoms with Gasteiger partial charge in [-0.1, -0.05) is 55.5 Å². The number of benzene rings is 2. The van der Waals surface area contributed by atoms with E-state index in [0.29, 0.717) is 17.2 Å². The highest BCUT2D eigenvalue weighted by molar-refractivity contribution is 7.80. The Labute approximate surface area is 169 Å². The van der Waals surface area contributed by atoms with Crippen molar-refractivity contribution >= 4 is 28.9 Å². The number of anilines is 1. The van der Waals surface area contributed by atoms with E-state index in [0.717, 1.165) is 28.8 Å². The van der Waals surface area contributed by atoms with Crippen LogP contribution in [0.4, 0.5) is 5.69 Å². The van der Waals surface area contributed by atoms with Gasteiger partial charge in [-0.3, -0.25) is 20.3 Å². The molecule has 0 aliphatic rings. The minimum atomic E-state index is -0.302. The van der Waals surface area contributed by atoms with Crippen LogP contribution in [0.2, 0.25) is 0 Å². The van der Waals surface area contributed by atoms with Crippen molar-refractivity contribution in [2.75, 3.05) is 5.32 Å². The van der Waals surface area contributed by atoms with Gasteiger partial charge in [-0.15, -0.1) is 0 Å². The molecule has 0 aliphatic carbocycles. The zero-order valence-corrected chi connectivity index (χ0v) is 16.7. The van der Waals surface area contributed by atoms with Crippen LogP contribution in [0.15, 0.2) is 60.9 Å². The lowest BCUT2D eigenvalue weighted by Gasteiger charge is -2.16. The van der Waals surface area contributed by atoms with Gasteiger partial charge in [0.2, 0.25) is 0 Å². The van der Waals surface area contributed by atoms with Gasteiger partial charge in [0.15, 0.2) is 5.11 Å². The van der Waals surface area contributed by atoms with E-state index in [2.05, 4.69) is 34.3 Å². The molecule has 0 aliphatic heterocycles. The number of hydrazine groups is 1. The molecule has 0 bridgehead atoms. The Balaban J connectivity index is 1.55. The molecule has 3 N–H and O–H groups in total. The summed E-state index contributed by atoms with van der Waals surface area (Å²) >= 11 is 5.31. The Morgan fingerprint density at radius 1 is 1.11 bits per heavy atom. The molecule has 7 heteroatoms. The molecule has 0 radical (unpaired) electrons. The summed E-state index contributed by atoms with van der Waals surface area (Å²) in [5, 5.41) is 7.73. The van der Waals surface area contributed by atoms with E-state index in [4.69, 9.17) is 12.2 Å². The van der Waals surface area contributed by atoms with Gasteiger partial charge in [0.1, 0.15) is 0 Å². The van der Waals surface area contributed by atoms with Crippen molar-refractivity contribution in [3.63, 3.8) is 0 Å². The lowest BCUT2D eigenvalue weighted by atomic mass is 10.1. The zero-order valence-electron chi connectivity index (χ0n) is 15.9. The Morgan fingerprint density at radius 3 is 2.64 bits per heavy atom. The van der Waals surface area contributed by atoms with Crippen LogP contribution in [-0.4, -0.2) is 20.8 Å². The Kier molecular flexibility index (Phi) is 6.39. The van der Waals surface area contributed by atoms with E-state index in [1.807, 2.05) is 49.4 Å². The first kappa shape index (κ1) is 19.6. The zero-order chi connectivity index (χ0) is 19.9. The predicted molar refractivity (Wildman–Crippen MR) is 115 cm³/mol. The van der Waals surface area contributed by atoms with Gasteiger partial charge in [0.05, 0.1) is 18.3 Å². The van der Waals surface area contributed by atoms with Gasteiger partial charge in [-0.05, 0) is 42.3 Å². The van der Waals surface area contributed by atoms with Crippen LogP contribution in [0.5, 0.6) is 0 Å². The van der Waals surface area contributed by atoms with Gasteiger partial charge >= 0.3 is 0 Å². The summed E-state index contributed by atoms with van der Waals surface area (Å²) in [5.41, 5.74) is 10.2. The van der Waals surface area contributed by atoms with Gasteiger partial charge in [-0.2, -0.15) is 5.10 Å². The van der Waals surface area contributed by atoms with Crippen LogP contribution < -0.4 is 16.2 Å². The molecule has 0 atom stereocenters. The summed E-state index contributed by atoms with van der Waals surface area (Å²) < 4.78 is 1.72. The van der Waals surface area contributed by atoms with Crippen LogP contribution in [0.25, 0.3) is 0 Å². The van der Waals surface area contributed by atoms with Crippen LogP contribution in [0.3, 0.4) is 0 Å². The topological polar surface area (TPSA) is 71.0 Å². The average molecular weight is 394 g/mol. The van der Waals surface area contributed by atoms with Crippen molar-refractivity contribution in [2.24, 2.45) is 0 Å². The molecule has 28 heavy (non-hydrogen) atoms. The molecule has 144 valence electrons. The van der Waals surface area contributed by atoms with E-state index in [-0.39, 0.29) is 5.91 Å². The van der Waals surface area contributed by atoms with Crippen molar-refractivity contribution in [1.82, 2.24) is 20.6 Å². The molecular weight excluding hydrogens is 370 g/mol. The number of hydrogen-bond donors (Lipinski definition) is 3. The normalized spacial score (nSPS) is 10.4. The number of hydrogen-bond acceptors (Lipinski definition) is 3. The fourth-order valence-corrected chi connectivity index (χ4v) is 3.02. The van der Waals surface area contributed by atoms with Gasteiger partial charge < -0.3 is 5.32 Å². The predicted octanol–water partition coefficient (Wildman–Crippen LogP) is 3.43. The van der Waals surface area contributed by atoms with Crippen LogP contribution in [0.1, 0.15) is 34.0 Å². The largest absolute Gasteiger partial charge is 0.331 e. The van der Waals surface area contributed by atoms with E-state index in [1.54, 1.807) is 10.9 Å². The molecule has 1 aromatic heterocycles. The molecule has 0 unspecified atom stereocenters. The van der Waals surface area contributed by atoms with Crippen molar-refractivity contribution in [2.45, 2.75) is 26.8 Å². The number of aryl methyl sites for hydroxylation is 2. The van der Waals surface area contributed by atoms with Crippen molar-refractivity contribution in [3.8, 4) is 0 Å². The molecule has 0 saturated heterocycles. The summed E-state index contributed by atoms with van der Waals surface area (Å²) in [4.78, 5) is 12.3. The second kappa shape index (κ2) is 9.14. The van der Waals surface area contributed by atoms with E-state index < -0.39 is 0 Å². The summed E-state index contributed by atoms with van der Waals surface area (Å²) in [6.45, 7) is 4.71. The summed E-state index contributed by atoms with van der Waals surface area (Å²) in [5.74, 6) is -0.302. The van der Waals surface area contributed by atoms with E-state index >= 15 is 0 Å². The number of carbonyl (C=O) groups is 1. The lowest BCUT2D eigenvalue weighted by molar-refractivity contribution is 0.0944. The first-order chi connectivity index (χ1) is 13.6. The second-order valence-corrected chi connectivity index (χ2v) is 6.82. The third kappa shape index (κ3) is 4.95. The highest BCUT2D eigenvalue weighted by atomic mass is 32.1. The molecule has 2 aromatic carbocycles. The quantitative estimate of drug-likeness (QED) is 0.458.